The van der Waals surface area contributed by atoms with E-state index in [1.54, 1.807) is 0 Å². The first kappa shape index (κ1) is 29.4. The van der Waals surface area contributed by atoms with E-state index in [0.717, 1.165) is 49.3 Å². The summed E-state index contributed by atoms with van der Waals surface area (Å²) in [6.07, 6.45) is 0. The van der Waals surface area contributed by atoms with E-state index in [4.69, 9.17) is 8.83 Å². The molecular formula is C52H30O2. The first-order chi connectivity index (χ1) is 26.8. The highest BCUT2D eigenvalue weighted by molar-refractivity contribution is 6.28. The average Bonchev–Trinajstić information content (AvgIpc) is 3.81. The van der Waals surface area contributed by atoms with Gasteiger partial charge in [-0.25, -0.2) is 0 Å². The van der Waals surface area contributed by atoms with E-state index in [-0.39, 0.29) is 0 Å². The molecule has 0 amide bonds. The van der Waals surface area contributed by atoms with Crippen LogP contribution < -0.4 is 0 Å². The second-order valence-corrected chi connectivity index (χ2v) is 14.3. The Hall–Kier alpha value is -7.16. The molecule has 0 unspecified atom stereocenters. The van der Waals surface area contributed by atoms with Gasteiger partial charge in [-0.3, -0.25) is 0 Å². The number of hydrogen-bond donors (Lipinski definition) is 0. The fraction of sp³-hybridized carbons (Fsp3) is 0. The molecule has 0 N–H and O–H groups in total. The van der Waals surface area contributed by atoms with Crippen molar-refractivity contribution in [3.63, 3.8) is 0 Å². The molecule has 0 fully saturated rings. The molecule has 0 aliphatic carbocycles. The second kappa shape index (κ2) is 11.2. The number of para-hydroxylation sites is 1. The SMILES string of the molecule is c1ccc(-c2c3ccccc3c(-c3ccc(-c4cc5c6ccc7oc8ccccc8c7c6oc5c5ccccc45)c4ccccc34)c3ccccc23)cc1. The summed E-state index contributed by atoms with van der Waals surface area (Å²) in [6, 6.07) is 65.7. The highest BCUT2D eigenvalue weighted by atomic mass is 16.3. The van der Waals surface area contributed by atoms with E-state index < -0.39 is 0 Å². The molecule has 2 heterocycles. The number of hydrogen-bond acceptors (Lipinski definition) is 2. The molecule has 2 nitrogen and oxygen atoms in total. The summed E-state index contributed by atoms with van der Waals surface area (Å²) in [5.74, 6) is 0. The second-order valence-electron chi connectivity index (χ2n) is 14.3. The summed E-state index contributed by atoms with van der Waals surface area (Å²) in [4.78, 5) is 0. The van der Waals surface area contributed by atoms with Crippen molar-refractivity contribution < 1.29 is 8.83 Å². The standard InChI is InChI=1S/C52H30O2/c1-2-14-31(15-3-1)48-36-19-7-9-21-38(36)49(39-22-10-8-20-37(39)48)40-27-26-35(32-16-4-5-17-33(32)40)44-30-45-42-28-29-47-50(43-24-12-13-25-46(43)53-47)52(42)54-51(45)41-23-11-6-18-34(41)44/h1-30H. The lowest BCUT2D eigenvalue weighted by atomic mass is 9.83. The summed E-state index contributed by atoms with van der Waals surface area (Å²) in [7, 11) is 0. The Balaban J connectivity index is 1.16. The molecule has 0 aliphatic heterocycles. The first-order valence-electron chi connectivity index (χ1n) is 18.5. The molecule has 0 saturated carbocycles. The van der Waals surface area contributed by atoms with Gasteiger partial charge in [-0.1, -0.05) is 158 Å². The van der Waals surface area contributed by atoms with Gasteiger partial charge in [0.2, 0.25) is 0 Å². The zero-order chi connectivity index (χ0) is 35.3. The fourth-order valence-electron chi connectivity index (χ4n) is 9.17. The molecule has 0 saturated heterocycles. The van der Waals surface area contributed by atoms with Crippen LogP contribution in [0.25, 0.3) is 120 Å². The lowest BCUT2D eigenvalue weighted by Gasteiger charge is -2.20. The molecule has 0 radical (unpaired) electrons. The number of furan rings is 2. The van der Waals surface area contributed by atoms with Crippen molar-refractivity contribution in [3.8, 4) is 33.4 Å². The van der Waals surface area contributed by atoms with E-state index in [1.165, 1.54) is 71.1 Å². The minimum atomic E-state index is 0.839. The topological polar surface area (TPSA) is 26.3 Å². The van der Waals surface area contributed by atoms with Crippen LogP contribution in [-0.4, -0.2) is 0 Å². The van der Waals surface area contributed by atoms with E-state index in [0.29, 0.717) is 0 Å². The van der Waals surface area contributed by atoms with Crippen LogP contribution in [0.4, 0.5) is 0 Å². The van der Waals surface area contributed by atoms with Gasteiger partial charge in [0.05, 0.1) is 5.39 Å². The Bertz CT molecular complexity index is 3430. The highest BCUT2D eigenvalue weighted by Gasteiger charge is 2.22. The van der Waals surface area contributed by atoms with E-state index in [2.05, 4.69) is 170 Å². The third-order valence-electron chi connectivity index (χ3n) is 11.5. The summed E-state index contributed by atoms with van der Waals surface area (Å²) in [6.45, 7) is 0. The normalized spacial score (nSPS) is 12.1. The molecule has 10 aromatic carbocycles. The Kier molecular flexibility index (Phi) is 6.09. The molecule has 0 spiro atoms. The van der Waals surface area contributed by atoms with Crippen molar-refractivity contribution in [1.29, 1.82) is 0 Å². The van der Waals surface area contributed by atoms with Crippen molar-refractivity contribution in [3.05, 3.63) is 182 Å². The Morgan fingerprint density at radius 3 is 1.44 bits per heavy atom. The van der Waals surface area contributed by atoms with Crippen LogP contribution in [0.15, 0.2) is 191 Å². The Morgan fingerprint density at radius 2 is 0.759 bits per heavy atom. The van der Waals surface area contributed by atoms with Crippen molar-refractivity contribution in [1.82, 2.24) is 0 Å². The van der Waals surface area contributed by atoms with Crippen LogP contribution in [0.1, 0.15) is 0 Å². The van der Waals surface area contributed by atoms with Crippen LogP contribution in [0.2, 0.25) is 0 Å². The molecule has 0 bridgehead atoms. The van der Waals surface area contributed by atoms with Gasteiger partial charge in [0.25, 0.3) is 0 Å². The van der Waals surface area contributed by atoms with Crippen molar-refractivity contribution in [2.75, 3.05) is 0 Å². The van der Waals surface area contributed by atoms with Crippen molar-refractivity contribution in [2.45, 2.75) is 0 Å². The molecule has 0 atom stereocenters. The number of benzene rings is 10. The van der Waals surface area contributed by atoms with E-state index in [9.17, 15) is 0 Å². The quantitative estimate of drug-likeness (QED) is 0.173. The van der Waals surface area contributed by atoms with Crippen LogP contribution >= 0.6 is 0 Å². The monoisotopic (exact) mass is 686 g/mol. The molecular weight excluding hydrogens is 657 g/mol. The smallest absolute Gasteiger partial charge is 0.147 e. The molecule has 12 aromatic rings. The minimum Gasteiger partial charge on any atom is -0.456 e. The van der Waals surface area contributed by atoms with Gasteiger partial charge in [0.1, 0.15) is 22.3 Å². The van der Waals surface area contributed by atoms with Crippen molar-refractivity contribution >= 4 is 87.0 Å². The van der Waals surface area contributed by atoms with E-state index in [1.807, 2.05) is 12.1 Å². The molecule has 2 aromatic heterocycles. The lowest BCUT2D eigenvalue weighted by Crippen LogP contribution is -1.92. The Labute approximate surface area is 310 Å². The predicted molar refractivity (Wildman–Crippen MR) is 227 cm³/mol. The highest BCUT2D eigenvalue weighted by Crippen LogP contribution is 2.48. The van der Waals surface area contributed by atoms with Gasteiger partial charge in [-0.2, -0.15) is 0 Å². The third kappa shape index (κ3) is 4.05. The zero-order valence-corrected chi connectivity index (χ0v) is 29.1. The Morgan fingerprint density at radius 1 is 0.259 bits per heavy atom. The number of rotatable bonds is 3. The largest absolute Gasteiger partial charge is 0.456 e. The van der Waals surface area contributed by atoms with Crippen LogP contribution in [0.3, 0.4) is 0 Å². The van der Waals surface area contributed by atoms with Gasteiger partial charge in [0.15, 0.2) is 0 Å². The predicted octanol–water partition coefficient (Wildman–Crippen LogP) is 15.1. The minimum absolute atomic E-state index is 0.839. The maximum absolute atomic E-state index is 6.86. The van der Waals surface area contributed by atoms with E-state index >= 15 is 0 Å². The third-order valence-corrected chi connectivity index (χ3v) is 11.5. The van der Waals surface area contributed by atoms with Gasteiger partial charge in [-0.15, -0.1) is 0 Å². The van der Waals surface area contributed by atoms with Crippen LogP contribution in [0, 0.1) is 0 Å². The first-order valence-corrected chi connectivity index (χ1v) is 18.5. The molecule has 250 valence electrons. The van der Waals surface area contributed by atoms with Gasteiger partial charge in [0, 0.05) is 21.5 Å². The summed E-state index contributed by atoms with van der Waals surface area (Å²) in [5, 5.41) is 14.0. The molecule has 12 rings (SSSR count). The average molecular weight is 687 g/mol. The van der Waals surface area contributed by atoms with Gasteiger partial charge < -0.3 is 8.83 Å². The zero-order valence-electron chi connectivity index (χ0n) is 29.1. The maximum Gasteiger partial charge on any atom is 0.147 e. The van der Waals surface area contributed by atoms with Crippen LogP contribution in [0.5, 0.6) is 0 Å². The summed E-state index contributed by atoms with van der Waals surface area (Å²) >= 11 is 0. The maximum atomic E-state index is 6.86. The summed E-state index contributed by atoms with van der Waals surface area (Å²) < 4.78 is 13.1. The number of fused-ring (bicyclic) bond motifs is 12. The molecule has 54 heavy (non-hydrogen) atoms. The fourth-order valence-corrected chi connectivity index (χ4v) is 9.17. The van der Waals surface area contributed by atoms with Gasteiger partial charge in [-0.05, 0) is 95.3 Å². The van der Waals surface area contributed by atoms with Gasteiger partial charge >= 0.3 is 0 Å². The summed E-state index contributed by atoms with van der Waals surface area (Å²) in [5.41, 5.74) is 10.9. The lowest BCUT2D eigenvalue weighted by molar-refractivity contribution is 0.664. The van der Waals surface area contributed by atoms with Crippen molar-refractivity contribution in [2.24, 2.45) is 0 Å². The molecule has 0 aliphatic rings. The molecule has 2 heteroatoms. The van der Waals surface area contributed by atoms with Crippen LogP contribution in [-0.2, 0) is 0 Å².